The molecule has 0 bridgehead atoms. The van der Waals surface area contributed by atoms with Crippen LogP contribution in [0.5, 0.6) is 0 Å². The Morgan fingerprint density at radius 2 is 1.50 bits per heavy atom. The zero-order valence-electron chi connectivity index (χ0n) is 9.63. The maximum atomic E-state index is 11.3. The minimum Gasteiger partial charge on any atom is -0.282 e. The number of hydrogen-bond acceptors (Lipinski definition) is 5. The Balaban J connectivity index is 3.15. The van der Waals surface area contributed by atoms with Crippen molar-refractivity contribution < 1.29 is 25.9 Å². The monoisotopic (exact) mass is 315 g/mol. The van der Waals surface area contributed by atoms with E-state index in [9.17, 15) is 16.8 Å². The molecule has 2 aromatic rings. The predicted molar refractivity (Wildman–Crippen MR) is 68.3 cm³/mol. The Bertz CT molecular complexity index is 957. The molecule has 0 heterocycles. The van der Waals surface area contributed by atoms with Crippen LogP contribution in [0.3, 0.4) is 0 Å². The van der Waals surface area contributed by atoms with Crippen molar-refractivity contribution in [1.29, 1.82) is 5.39 Å². The summed E-state index contributed by atoms with van der Waals surface area (Å²) in [5.74, 6) is 0. The molecule has 2 N–H and O–H groups in total. The first-order valence-corrected chi connectivity index (χ1v) is 7.90. The van der Waals surface area contributed by atoms with E-state index in [0.717, 1.165) is 18.2 Å². The summed E-state index contributed by atoms with van der Waals surface area (Å²) in [5, 5.41) is 8.35. The molecular formula is C10H7N2O6S2+. The van der Waals surface area contributed by atoms with Crippen LogP contribution in [0.25, 0.3) is 15.7 Å². The second kappa shape index (κ2) is 4.50. The van der Waals surface area contributed by atoms with Crippen LogP contribution in [0.2, 0.25) is 0 Å². The van der Waals surface area contributed by atoms with Crippen LogP contribution in [0.15, 0.2) is 40.1 Å². The summed E-state index contributed by atoms with van der Waals surface area (Å²) in [6.45, 7) is 0. The van der Waals surface area contributed by atoms with E-state index < -0.39 is 30.0 Å². The van der Waals surface area contributed by atoms with Crippen molar-refractivity contribution in [2.45, 2.75) is 9.79 Å². The molecule has 104 valence electrons. The molecule has 0 saturated carbocycles. The lowest BCUT2D eigenvalue weighted by atomic mass is 10.1. The zero-order valence-corrected chi connectivity index (χ0v) is 11.3. The van der Waals surface area contributed by atoms with E-state index in [1.165, 1.54) is 12.1 Å². The fourth-order valence-corrected chi connectivity index (χ4v) is 3.26. The molecule has 2 rings (SSSR count). The van der Waals surface area contributed by atoms with Crippen molar-refractivity contribution in [2.75, 3.05) is 0 Å². The van der Waals surface area contributed by atoms with Crippen molar-refractivity contribution in [1.82, 2.24) is 0 Å². The van der Waals surface area contributed by atoms with Gasteiger partial charge in [0, 0.05) is 11.5 Å². The molecule has 20 heavy (non-hydrogen) atoms. The van der Waals surface area contributed by atoms with E-state index in [0.29, 0.717) is 0 Å². The van der Waals surface area contributed by atoms with Crippen molar-refractivity contribution in [3.05, 3.63) is 35.3 Å². The first-order valence-electron chi connectivity index (χ1n) is 5.02. The van der Waals surface area contributed by atoms with Gasteiger partial charge in [-0.25, -0.2) is 0 Å². The van der Waals surface area contributed by atoms with Gasteiger partial charge in [0.25, 0.3) is 20.2 Å². The van der Waals surface area contributed by atoms with Gasteiger partial charge >= 0.3 is 5.69 Å². The lowest BCUT2D eigenvalue weighted by molar-refractivity contribution is 0.481. The summed E-state index contributed by atoms with van der Waals surface area (Å²) < 4.78 is 63.4. The number of rotatable bonds is 2. The summed E-state index contributed by atoms with van der Waals surface area (Å²) in [6.07, 6.45) is 0. The fraction of sp³-hybridized carbons (Fsp3) is 0. The molecule has 0 radical (unpaired) electrons. The number of hydrogen-bond donors (Lipinski definition) is 2. The largest absolute Gasteiger partial charge is 0.394 e. The highest BCUT2D eigenvalue weighted by Gasteiger charge is 2.26. The summed E-state index contributed by atoms with van der Waals surface area (Å²) in [5.41, 5.74) is -0.263. The molecule has 0 aromatic heterocycles. The molecule has 8 nitrogen and oxygen atoms in total. The van der Waals surface area contributed by atoms with Crippen LogP contribution in [-0.2, 0) is 20.2 Å². The van der Waals surface area contributed by atoms with Crippen LogP contribution in [0, 0.1) is 5.39 Å². The molecule has 0 aliphatic heterocycles. The summed E-state index contributed by atoms with van der Waals surface area (Å²) in [4.78, 5) is 1.65. The normalized spacial score (nSPS) is 12.2. The van der Waals surface area contributed by atoms with Gasteiger partial charge in [0.2, 0.25) is 5.39 Å². The molecular weight excluding hydrogens is 308 g/mol. The van der Waals surface area contributed by atoms with E-state index in [4.69, 9.17) is 14.5 Å². The summed E-state index contributed by atoms with van der Waals surface area (Å²) in [6, 6.07) is 5.36. The van der Waals surface area contributed by atoms with Gasteiger partial charge in [-0.15, -0.1) is 0 Å². The maximum Gasteiger partial charge on any atom is 0.394 e. The second-order valence-corrected chi connectivity index (χ2v) is 6.59. The molecule has 10 heteroatoms. The van der Waals surface area contributed by atoms with Gasteiger partial charge in [-0.1, -0.05) is 12.1 Å². The zero-order chi connectivity index (χ0) is 15.1. The highest BCUT2D eigenvalue weighted by atomic mass is 32.2. The van der Waals surface area contributed by atoms with Gasteiger partial charge < -0.3 is 0 Å². The van der Waals surface area contributed by atoms with Gasteiger partial charge in [-0.3, -0.25) is 9.11 Å². The van der Waals surface area contributed by atoms with Crippen molar-refractivity contribution in [3.8, 4) is 0 Å². The third-order valence-corrected chi connectivity index (χ3v) is 4.41. The van der Waals surface area contributed by atoms with E-state index in [1.807, 2.05) is 0 Å². The minimum absolute atomic E-state index is 0.196. The Hall–Kier alpha value is -2.06. The first kappa shape index (κ1) is 14.4. The van der Waals surface area contributed by atoms with Crippen LogP contribution in [0.4, 0.5) is 5.69 Å². The maximum absolute atomic E-state index is 11.3. The second-order valence-electron chi connectivity index (χ2n) is 3.81. The van der Waals surface area contributed by atoms with Crippen LogP contribution >= 0.6 is 0 Å². The quantitative estimate of drug-likeness (QED) is 0.636. The number of nitrogens with zero attached hydrogens (tertiary/aromatic N) is 2. The highest BCUT2D eigenvalue weighted by Crippen LogP contribution is 2.35. The molecule has 0 fully saturated rings. The fourth-order valence-electron chi connectivity index (χ4n) is 1.85. The van der Waals surface area contributed by atoms with E-state index in [-0.39, 0.29) is 16.5 Å². The molecule has 0 unspecified atom stereocenters. The molecule has 0 saturated heterocycles. The topological polar surface area (TPSA) is 137 Å². The highest BCUT2D eigenvalue weighted by molar-refractivity contribution is 7.86. The Morgan fingerprint density at radius 3 is 2.00 bits per heavy atom. The number of fused-ring (bicyclic) bond motifs is 1. The Labute approximate surface area is 113 Å². The summed E-state index contributed by atoms with van der Waals surface area (Å²) >= 11 is 0. The molecule has 0 aliphatic carbocycles. The third-order valence-electron chi connectivity index (χ3n) is 2.60. The van der Waals surface area contributed by atoms with Gasteiger partial charge in [-0.05, 0) is 12.1 Å². The summed E-state index contributed by atoms with van der Waals surface area (Å²) in [7, 11) is -9.29. The Kier molecular flexibility index (Phi) is 3.23. The molecule has 0 atom stereocenters. The predicted octanol–water partition coefficient (Wildman–Crippen LogP) is 1.82. The van der Waals surface area contributed by atoms with E-state index in [1.54, 1.807) is 0 Å². The van der Waals surface area contributed by atoms with Crippen LogP contribution in [0.1, 0.15) is 0 Å². The standard InChI is InChI=1S/C10H6N2O6S2/c11-12-7-4-5-8(19(13,14)15)6-2-1-3-9(10(6)7)20(16,17)18/h1-5H,(H-,13,14,15,16,17,18)/p+1. The van der Waals surface area contributed by atoms with Gasteiger partial charge in [0.1, 0.15) is 9.79 Å². The smallest absolute Gasteiger partial charge is 0.282 e. The minimum atomic E-state index is -4.67. The lowest BCUT2D eigenvalue weighted by Gasteiger charge is -2.05. The first-order chi connectivity index (χ1) is 9.16. The van der Waals surface area contributed by atoms with Gasteiger partial charge in [0.05, 0.1) is 5.39 Å². The SMILES string of the molecule is N#[N+]c1ccc(S(=O)(=O)O)c2cccc(S(=O)(=O)O)c12. The van der Waals surface area contributed by atoms with Crippen molar-refractivity contribution in [2.24, 2.45) is 0 Å². The molecule has 0 aliphatic rings. The average Bonchev–Trinajstić information content (AvgIpc) is 2.34. The van der Waals surface area contributed by atoms with Crippen LogP contribution < -0.4 is 0 Å². The van der Waals surface area contributed by atoms with Crippen molar-refractivity contribution in [3.63, 3.8) is 0 Å². The third kappa shape index (κ3) is 2.35. The number of diazo groups is 1. The van der Waals surface area contributed by atoms with Crippen molar-refractivity contribution >= 4 is 36.7 Å². The molecule has 2 aromatic carbocycles. The average molecular weight is 315 g/mol. The lowest BCUT2D eigenvalue weighted by Crippen LogP contribution is -2.03. The Morgan fingerprint density at radius 1 is 0.900 bits per heavy atom. The number of benzene rings is 2. The van der Waals surface area contributed by atoms with Gasteiger partial charge in [-0.2, -0.15) is 16.8 Å². The molecule has 0 amide bonds. The van der Waals surface area contributed by atoms with Gasteiger partial charge in [0.15, 0.2) is 4.98 Å². The van der Waals surface area contributed by atoms with E-state index in [2.05, 4.69) is 4.98 Å². The van der Waals surface area contributed by atoms with E-state index >= 15 is 0 Å². The molecule has 0 spiro atoms. The van der Waals surface area contributed by atoms with Crippen LogP contribution in [-0.4, -0.2) is 25.9 Å².